The topological polar surface area (TPSA) is 46.5 Å². The zero-order valence-corrected chi connectivity index (χ0v) is 14.2. The van der Waals surface area contributed by atoms with Crippen LogP contribution in [-0.2, 0) is 9.09 Å². The summed E-state index contributed by atoms with van der Waals surface area (Å²) in [6.07, 6.45) is 17.4. The molecule has 0 aliphatic rings. The van der Waals surface area contributed by atoms with Gasteiger partial charge in [-0.15, -0.1) is 0 Å². The molecule has 1 unspecified atom stereocenters. The molecule has 0 amide bonds. The Morgan fingerprint density at radius 2 is 0.947 bits per heavy atom. The van der Waals surface area contributed by atoms with E-state index in [1.54, 1.807) is 0 Å². The monoisotopic (exact) mass is 294 g/mol. The number of hydrogen-bond donors (Lipinski definition) is 1. The van der Waals surface area contributed by atoms with Gasteiger partial charge in [0.15, 0.2) is 0 Å². The normalized spacial score (nSPS) is 11.8. The zero-order chi connectivity index (χ0) is 14.8. The SMILES string of the molecule is CCCCCCCCCCCCCC.CO[PH](=O)O. The maximum absolute atomic E-state index is 9.33. The first-order chi connectivity index (χ1) is 9.18. The molecule has 1 atom stereocenters. The van der Waals surface area contributed by atoms with Gasteiger partial charge in [0.2, 0.25) is 0 Å². The first-order valence-electron chi connectivity index (χ1n) is 7.95. The van der Waals surface area contributed by atoms with Crippen LogP contribution in [0.15, 0.2) is 0 Å². The van der Waals surface area contributed by atoms with Crippen LogP contribution < -0.4 is 0 Å². The average Bonchev–Trinajstić information content (AvgIpc) is 2.41. The van der Waals surface area contributed by atoms with Crippen molar-refractivity contribution in [3.05, 3.63) is 0 Å². The van der Waals surface area contributed by atoms with Gasteiger partial charge in [-0.25, -0.2) is 0 Å². The van der Waals surface area contributed by atoms with Crippen molar-refractivity contribution in [1.29, 1.82) is 0 Å². The predicted molar refractivity (Wildman–Crippen MR) is 85.0 cm³/mol. The van der Waals surface area contributed by atoms with Crippen LogP contribution in [-0.4, -0.2) is 12.0 Å². The summed E-state index contributed by atoms with van der Waals surface area (Å²) in [5.74, 6) is 0. The number of unbranched alkanes of at least 4 members (excludes halogenated alkanes) is 11. The van der Waals surface area contributed by atoms with E-state index in [9.17, 15) is 4.57 Å². The van der Waals surface area contributed by atoms with E-state index in [2.05, 4.69) is 18.4 Å². The van der Waals surface area contributed by atoms with E-state index in [1.165, 1.54) is 84.2 Å². The summed E-state index contributed by atoms with van der Waals surface area (Å²) in [5, 5.41) is 0. The third kappa shape index (κ3) is 27.4. The summed E-state index contributed by atoms with van der Waals surface area (Å²) in [4.78, 5) is 7.69. The molecule has 1 N–H and O–H groups in total. The summed E-state index contributed by atoms with van der Waals surface area (Å²) in [5.41, 5.74) is 0. The Bertz CT molecular complexity index is 163. The van der Waals surface area contributed by atoms with Crippen molar-refractivity contribution >= 4 is 8.25 Å². The highest BCUT2D eigenvalue weighted by atomic mass is 31.1. The van der Waals surface area contributed by atoms with E-state index in [0.717, 1.165) is 0 Å². The van der Waals surface area contributed by atoms with Crippen LogP contribution in [0, 0.1) is 0 Å². The third-order valence-electron chi connectivity index (χ3n) is 3.13. The van der Waals surface area contributed by atoms with Crippen LogP contribution in [0.5, 0.6) is 0 Å². The van der Waals surface area contributed by atoms with E-state index >= 15 is 0 Å². The van der Waals surface area contributed by atoms with E-state index in [4.69, 9.17) is 4.89 Å². The van der Waals surface area contributed by atoms with Crippen molar-refractivity contribution < 1.29 is 14.0 Å². The van der Waals surface area contributed by atoms with Crippen LogP contribution in [0.2, 0.25) is 0 Å². The van der Waals surface area contributed by atoms with E-state index in [1.807, 2.05) is 0 Å². The molecule has 0 aromatic carbocycles. The van der Waals surface area contributed by atoms with Crippen LogP contribution in [0.3, 0.4) is 0 Å². The summed E-state index contributed by atoms with van der Waals surface area (Å²) < 4.78 is 13.2. The average molecular weight is 294 g/mol. The third-order valence-corrected chi connectivity index (χ3v) is 3.48. The molecule has 0 fully saturated rings. The molecule has 0 aliphatic heterocycles. The summed E-state index contributed by atoms with van der Waals surface area (Å²) in [7, 11) is -1.44. The molecule has 0 saturated heterocycles. The van der Waals surface area contributed by atoms with Crippen molar-refractivity contribution in [2.75, 3.05) is 7.11 Å². The van der Waals surface area contributed by atoms with Crippen molar-refractivity contribution in [2.45, 2.75) is 90.9 Å². The lowest BCUT2D eigenvalue weighted by Gasteiger charge is -2.01. The van der Waals surface area contributed by atoms with Gasteiger partial charge in [-0.3, -0.25) is 4.57 Å². The lowest BCUT2D eigenvalue weighted by molar-refractivity contribution is 0.343. The quantitative estimate of drug-likeness (QED) is 0.370. The van der Waals surface area contributed by atoms with Gasteiger partial charge in [0.1, 0.15) is 0 Å². The van der Waals surface area contributed by atoms with E-state index in [0.29, 0.717) is 0 Å². The second kappa shape index (κ2) is 20.5. The Morgan fingerprint density at radius 3 is 1.11 bits per heavy atom. The number of rotatable bonds is 12. The molecule has 0 radical (unpaired) electrons. The molecule has 0 bridgehead atoms. The smallest absolute Gasteiger partial charge is 0.316 e. The van der Waals surface area contributed by atoms with Crippen molar-refractivity contribution in [2.24, 2.45) is 0 Å². The minimum Gasteiger partial charge on any atom is -0.326 e. The van der Waals surface area contributed by atoms with Crippen LogP contribution in [0.4, 0.5) is 0 Å². The first kappa shape index (κ1) is 21.4. The van der Waals surface area contributed by atoms with Gasteiger partial charge >= 0.3 is 8.25 Å². The van der Waals surface area contributed by atoms with Crippen molar-refractivity contribution in [3.63, 3.8) is 0 Å². The second-order valence-corrected chi connectivity index (χ2v) is 5.95. The molecule has 0 spiro atoms. The van der Waals surface area contributed by atoms with Gasteiger partial charge in [0, 0.05) is 7.11 Å². The minimum atomic E-state index is -2.62. The highest BCUT2D eigenvalue weighted by molar-refractivity contribution is 7.32. The van der Waals surface area contributed by atoms with Gasteiger partial charge in [0.25, 0.3) is 0 Å². The number of hydrogen-bond acceptors (Lipinski definition) is 2. The summed E-state index contributed by atoms with van der Waals surface area (Å²) in [6, 6.07) is 0. The van der Waals surface area contributed by atoms with Gasteiger partial charge in [0.05, 0.1) is 0 Å². The molecule has 0 saturated carbocycles. The molecule has 0 aromatic rings. The Morgan fingerprint density at radius 1 is 0.737 bits per heavy atom. The molecule has 0 rings (SSSR count). The van der Waals surface area contributed by atoms with Crippen LogP contribution in [0.25, 0.3) is 0 Å². The standard InChI is InChI=1S/C14H30.CH5O3P/c1-3-5-7-9-11-13-14-12-10-8-6-4-2;1-4-5(2)3/h3-14H2,1-2H3;5H,1H3,(H,2,3). The molecule has 0 heterocycles. The second-order valence-electron chi connectivity index (χ2n) is 5.01. The fourth-order valence-electron chi connectivity index (χ4n) is 1.91. The fourth-order valence-corrected chi connectivity index (χ4v) is 1.91. The molecule has 0 aliphatic carbocycles. The largest absolute Gasteiger partial charge is 0.326 e. The van der Waals surface area contributed by atoms with E-state index < -0.39 is 8.25 Å². The van der Waals surface area contributed by atoms with Crippen molar-refractivity contribution in [1.82, 2.24) is 0 Å². The Labute approximate surface area is 121 Å². The van der Waals surface area contributed by atoms with Gasteiger partial charge in [-0.2, -0.15) is 0 Å². The zero-order valence-electron chi connectivity index (χ0n) is 13.2. The van der Waals surface area contributed by atoms with Crippen LogP contribution in [0.1, 0.15) is 90.9 Å². The Hall–Kier alpha value is 0.150. The van der Waals surface area contributed by atoms with Gasteiger partial charge < -0.3 is 9.42 Å². The maximum atomic E-state index is 9.33. The summed E-state index contributed by atoms with van der Waals surface area (Å²) in [6.45, 7) is 4.57. The Kier molecular flexibility index (Phi) is 23.1. The minimum absolute atomic E-state index is 1.18. The Balaban J connectivity index is 0. The maximum Gasteiger partial charge on any atom is 0.316 e. The van der Waals surface area contributed by atoms with Gasteiger partial charge in [-0.1, -0.05) is 90.9 Å². The molecule has 0 aromatic heterocycles. The summed E-state index contributed by atoms with van der Waals surface area (Å²) >= 11 is 0. The predicted octanol–water partition coefficient (Wildman–Crippen LogP) is 5.72. The van der Waals surface area contributed by atoms with Crippen molar-refractivity contribution in [3.8, 4) is 0 Å². The molecule has 118 valence electrons. The fraction of sp³-hybridized carbons (Fsp3) is 1.00. The lowest BCUT2D eigenvalue weighted by Crippen LogP contribution is -1.81. The molecular weight excluding hydrogens is 259 g/mol. The highest BCUT2D eigenvalue weighted by Gasteiger charge is 1.91. The molecule has 3 nitrogen and oxygen atoms in total. The lowest BCUT2D eigenvalue weighted by atomic mass is 10.1. The molecule has 4 heteroatoms. The first-order valence-corrected chi connectivity index (χ1v) is 9.22. The molecular formula is C15H35O3P. The van der Waals surface area contributed by atoms with Gasteiger partial charge in [-0.05, 0) is 0 Å². The van der Waals surface area contributed by atoms with E-state index in [-0.39, 0.29) is 0 Å². The molecule has 19 heavy (non-hydrogen) atoms. The van der Waals surface area contributed by atoms with Crippen LogP contribution >= 0.6 is 8.25 Å². The highest BCUT2D eigenvalue weighted by Crippen LogP contribution is 2.11.